The summed E-state index contributed by atoms with van der Waals surface area (Å²) in [6.45, 7) is 8.52. The molecule has 0 aromatic carbocycles. The molecule has 0 aromatic rings. The monoisotopic (exact) mass is 519 g/mol. The van der Waals surface area contributed by atoms with Crippen molar-refractivity contribution in [2.24, 2.45) is 0 Å². The molecule has 0 aliphatic carbocycles. The topological polar surface area (TPSA) is 47.6 Å². The van der Waals surface area contributed by atoms with Gasteiger partial charge in [0.2, 0.25) is 0 Å². The molecule has 32 heavy (non-hydrogen) atoms. The van der Waals surface area contributed by atoms with Crippen LogP contribution in [0.1, 0.15) is 96.8 Å². The van der Waals surface area contributed by atoms with Gasteiger partial charge < -0.3 is 19.3 Å². The third-order valence-corrected chi connectivity index (χ3v) is 6.44. The molecule has 0 aliphatic heterocycles. The molecule has 0 radical (unpaired) electrons. The summed E-state index contributed by atoms with van der Waals surface area (Å²) in [6.07, 6.45) is 18.5. The van der Waals surface area contributed by atoms with Gasteiger partial charge in [0, 0.05) is 6.61 Å². The molecule has 1 N–H and O–H groups in total. The first-order chi connectivity index (χ1) is 15.3. The van der Waals surface area contributed by atoms with Crippen molar-refractivity contribution in [3.8, 4) is 0 Å². The fourth-order valence-corrected chi connectivity index (χ4v) is 3.69. The van der Waals surface area contributed by atoms with Gasteiger partial charge in [-0.25, -0.2) is 4.79 Å². The van der Waals surface area contributed by atoms with Crippen molar-refractivity contribution in [1.82, 2.24) is 5.32 Å². The lowest BCUT2D eigenvalue weighted by molar-refractivity contribution is -0.869. The number of alkyl halides is 1. The van der Waals surface area contributed by atoms with E-state index in [0.29, 0.717) is 13.2 Å². The Morgan fingerprint density at radius 1 is 0.875 bits per heavy atom. The number of halogens is 1. The summed E-state index contributed by atoms with van der Waals surface area (Å²) in [7, 11) is 6.25. The minimum atomic E-state index is -0.411. The fraction of sp³-hybridized carbons (Fsp3) is 0.885. The third kappa shape index (κ3) is 22.6. The molecule has 0 aliphatic rings. The van der Waals surface area contributed by atoms with Gasteiger partial charge in [-0.05, 0) is 12.0 Å². The second-order valence-electron chi connectivity index (χ2n) is 9.96. The quantitative estimate of drug-likeness (QED) is 0.0711. The molecule has 1 atom stereocenters. The van der Waals surface area contributed by atoms with Crippen LogP contribution in [0.2, 0.25) is 0 Å². The van der Waals surface area contributed by atoms with Crippen LogP contribution >= 0.6 is 15.9 Å². The van der Waals surface area contributed by atoms with E-state index in [1.54, 1.807) is 0 Å². The first-order valence-corrected chi connectivity index (χ1v) is 13.8. The highest BCUT2D eigenvalue weighted by atomic mass is 79.9. The number of ether oxygens (including phenoxy) is 2. The maximum atomic E-state index is 11.7. The van der Waals surface area contributed by atoms with Crippen molar-refractivity contribution in [3.05, 3.63) is 12.2 Å². The Bertz CT molecular complexity index is 466. The van der Waals surface area contributed by atoms with Crippen molar-refractivity contribution in [3.63, 3.8) is 0 Å². The lowest BCUT2D eigenvalue weighted by Crippen LogP contribution is -2.42. The van der Waals surface area contributed by atoms with Crippen LogP contribution in [0.3, 0.4) is 0 Å². The number of rotatable bonds is 22. The zero-order chi connectivity index (χ0) is 24.1. The van der Waals surface area contributed by atoms with Gasteiger partial charge in [0.1, 0.15) is 11.6 Å². The second-order valence-corrected chi connectivity index (χ2v) is 10.8. The number of carbonyl (C=O) groups excluding carboxylic acids is 1. The SMILES string of the molecule is C=C(COC(=O)NCC[N+](C)(C)C)C(Br)OCCCCCCCCCCCCCCCC. The summed E-state index contributed by atoms with van der Waals surface area (Å²) in [5.41, 5.74) is 0.720. The van der Waals surface area contributed by atoms with E-state index in [4.69, 9.17) is 9.47 Å². The number of amides is 1. The Kier molecular flexibility index (Phi) is 20.6. The van der Waals surface area contributed by atoms with E-state index in [1.807, 2.05) is 0 Å². The number of nitrogens with one attached hydrogen (secondary N) is 1. The molecule has 190 valence electrons. The van der Waals surface area contributed by atoms with E-state index in [2.05, 4.69) is 55.9 Å². The van der Waals surface area contributed by atoms with Crippen LogP contribution in [0.5, 0.6) is 0 Å². The van der Waals surface area contributed by atoms with Gasteiger partial charge in [-0.2, -0.15) is 0 Å². The molecule has 0 heterocycles. The minimum Gasteiger partial charge on any atom is -0.445 e. The van der Waals surface area contributed by atoms with E-state index in [-0.39, 0.29) is 11.6 Å². The summed E-state index contributed by atoms with van der Waals surface area (Å²) in [4.78, 5) is 11.7. The van der Waals surface area contributed by atoms with E-state index >= 15 is 0 Å². The van der Waals surface area contributed by atoms with Crippen LogP contribution in [0, 0.1) is 0 Å². The molecule has 1 unspecified atom stereocenters. The van der Waals surface area contributed by atoms with Crippen LogP contribution < -0.4 is 5.32 Å². The molecule has 0 aromatic heterocycles. The molecular formula is C26H52BrN2O3+. The summed E-state index contributed by atoms with van der Waals surface area (Å²) in [5, 5.41) is 2.48. The van der Waals surface area contributed by atoms with Gasteiger partial charge in [0.15, 0.2) is 0 Å². The second kappa shape index (κ2) is 21.0. The Morgan fingerprint density at radius 3 is 1.81 bits per heavy atom. The average Bonchev–Trinajstić information content (AvgIpc) is 2.73. The fourth-order valence-electron chi connectivity index (χ4n) is 3.37. The summed E-state index contributed by atoms with van der Waals surface area (Å²) in [6, 6.07) is 0. The van der Waals surface area contributed by atoms with Crippen LogP contribution in [0.25, 0.3) is 0 Å². The standard InChI is InChI=1S/C26H51BrN2O3/c1-6-7-8-9-10-11-12-13-14-15-16-17-18-19-22-31-25(27)24(2)23-32-26(30)28-20-21-29(3,4)5/h25H,2,6-23H2,1,3-5H3/p+1. The molecule has 6 heteroatoms. The highest BCUT2D eigenvalue weighted by molar-refractivity contribution is 9.09. The molecule has 1 amide bonds. The highest BCUT2D eigenvalue weighted by Gasteiger charge is 2.12. The summed E-state index contributed by atoms with van der Waals surface area (Å²) in [5.74, 6) is 0. The van der Waals surface area contributed by atoms with Crippen molar-refractivity contribution < 1.29 is 18.8 Å². The Hall–Kier alpha value is -0.590. The van der Waals surface area contributed by atoms with E-state index in [9.17, 15) is 4.79 Å². The number of unbranched alkanes of at least 4 members (excludes halogenated alkanes) is 13. The Labute approximate surface area is 207 Å². The molecular weight excluding hydrogens is 468 g/mol. The smallest absolute Gasteiger partial charge is 0.407 e. The largest absolute Gasteiger partial charge is 0.445 e. The van der Waals surface area contributed by atoms with E-state index < -0.39 is 6.09 Å². The van der Waals surface area contributed by atoms with Crippen molar-refractivity contribution in [2.75, 3.05) is 47.4 Å². The van der Waals surface area contributed by atoms with Crippen LogP contribution in [-0.4, -0.2) is 63.0 Å². The van der Waals surface area contributed by atoms with Gasteiger partial charge >= 0.3 is 6.09 Å². The van der Waals surface area contributed by atoms with Gasteiger partial charge in [-0.3, -0.25) is 0 Å². The molecule has 0 saturated carbocycles. The van der Waals surface area contributed by atoms with Crippen molar-refractivity contribution in [2.45, 2.75) is 102 Å². The van der Waals surface area contributed by atoms with E-state index in [1.165, 1.54) is 83.5 Å². The lowest BCUT2D eigenvalue weighted by atomic mass is 10.0. The first kappa shape index (κ1) is 31.4. The number of alkyl carbamates (subject to hydrolysis) is 1. The first-order valence-electron chi connectivity index (χ1n) is 12.9. The highest BCUT2D eigenvalue weighted by Crippen LogP contribution is 2.15. The summed E-state index contributed by atoms with van der Waals surface area (Å²) < 4.78 is 11.8. The minimum absolute atomic E-state index is 0.158. The average molecular weight is 521 g/mol. The number of likely N-dealkylation sites (N-methyl/N-ethyl adjacent to an activating group) is 1. The zero-order valence-corrected chi connectivity index (χ0v) is 23.1. The van der Waals surface area contributed by atoms with Crippen LogP contribution in [-0.2, 0) is 9.47 Å². The Balaban J connectivity index is 3.45. The van der Waals surface area contributed by atoms with E-state index in [0.717, 1.165) is 23.0 Å². The van der Waals surface area contributed by atoms with Gasteiger partial charge in [0.25, 0.3) is 0 Å². The molecule has 0 spiro atoms. The molecule has 0 fully saturated rings. The van der Waals surface area contributed by atoms with Crippen molar-refractivity contribution in [1.29, 1.82) is 0 Å². The maximum absolute atomic E-state index is 11.7. The molecule has 0 rings (SSSR count). The van der Waals surface area contributed by atoms with Gasteiger partial charge in [-0.1, -0.05) is 113 Å². The van der Waals surface area contributed by atoms with Crippen LogP contribution in [0.15, 0.2) is 12.2 Å². The number of quaternary nitrogens is 1. The zero-order valence-electron chi connectivity index (χ0n) is 21.6. The predicted octanol–water partition coefficient (Wildman–Crippen LogP) is 7.19. The maximum Gasteiger partial charge on any atom is 0.407 e. The lowest BCUT2D eigenvalue weighted by Gasteiger charge is -2.23. The predicted molar refractivity (Wildman–Crippen MR) is 140 cm³/mol. The van der Waals surface area contributed by atoms with Gasteiger partial charge in [0.05, 0.1) is 34.2 Å². The van der Waals surface area contributed by atoms with Crippen molar-refractivity contribution >= 4 is 22.0 Å². The van der Waals surface area contributed by atoms with Crippen LogP contribution in [0.4, 0.5) is 4.79 Å². The number of carbonyl (C=O) groups is 1. The molecule has 0 saturated heterocycles. The Morgan fingerprint density at radius 2 is 1.34 bits per heavy atom. The third-order valence-electron chi connectivity index (χ3n) is 5.52. The normalized spacial score (nSPS) is 12.5. The molecule has 0 bridgehead atoms. The number of hydrogen-bond acceptors (Lipinski definition) is 3. The van der Waals surface area contributed by atoms with Gasteiger partial charge in [-0.15, -0.1) is 0 Å². The number of hydrogen-bond donors (Lipinski definition) is 1. The number of nitrogens with zero attached hydrogens (tertiary/aromatic N) is 1. The molecule has 5 nitrogen and oxygen atoms in total. The summed E-state index contributed by atoms with van der Waals surface area (Å²) >= 11 is 3.48.